The van der Waals surface area contributed by atoms with Gasteiger partial charge in [-0.05, 0) is 39.3 Å². The minimum atomic E-state index is -0.761. The second-order valence-corrected chi connectivity index (χ2v) is 5.55. The molecule has 2 aliphatic heterocycles. The number of hydrogen-bond acceptors (Lipinski definition) is 3. The van der Waals surface area contributed by atoms with Gasteiger partial charge in [-0.3, -0.25) is 4.79 Å². The number of urea groups is 1. The van der Waals surface area contributed by atoms with Crippen molar-refractivity contribution in [3.8, 4) is 0 Å². The van der Waals surface area contributed by atoms with E-state index < -0.39 is 5.97 Å². The zero-order valence-electron chi connectivity index (χ0n) is 11.6. The number of nitrogens with one attached hydrogen (secondary N) is 1. The molecule has 2 amide bonds. The van der Waals surface area contributed by atoms with E-state index in [1.165, 1.54) is 0 Å². The van der Waals surface area contributed by atoms with Crippen LogP contribution in [0.25, 0.3) is 0 Å². The minimum Gasteiger partial charge on any atom is -0.481 e. The molecule has 0 aromatic carbocycles. The van der Waals surface area contributed by atoms with Crippen molar-refractivity contribution in [1.29, 1.82) is 0 Å². The van der Waals surface area contributed by atoms with Gasteiger partial charge in [-0.25, -0.2) is 4.79 Å². The summed E-state index contributed by atoms with van der Waals surface area (Å²) in [4.78, 5) is 27.1. The van der Waals surface area contributed by atoms with E-state index in [9.17, 15) is 14.7 Å². The first-order valence-electron chi connectivity index (χ1n) is 6.97. The summed E-state index contributed by atoms with van der Waals surface area (Å²) in [7, 11) is 3.69. The lowest BCUT2D eigenvalue weighted by molar-refractivity contribution is -0.142. The molecular weight excluding hydrogens is 246 g/mol. The number of carboxylic acids is 1. The molecule has 2 heterocycles. The van der Waals surface area contributed by atoms with Crippen molar-refractivity contribution in [3.05, 3.63) is 0 Å². The fourth-order valence-electron chi connectivity index (χ4n) is 3.34. The van der Waals surface area contributed by atoms with Gasteiger partial charge < -0.3 is 20.2 Å². The molecular formula is C13H23N3O3. The van der Waals surface area contributed by atoms with Gasteiger partial charge >= 0.3 is 12.0 Å². The monoisotopic (exact) mass is 269 g/mol. The van der Waals surface area contributed by atoms with E-state index in [1.807, 2.05) is 11.9 Å². The Balaban J connectivity index is 1.94. The van der Waals surface area contributed by atoms with Crippen LogP contribution in [0.2, 0.25) is 0 Å². The summed E-state index contributed by atoms with van der Waals surface area (Å²) >= 11 is 0. The van der Waals surface area contributed by atoms with E-state index >= 15 is 0 Å². The normalized spacial score (nSPS) is 28.7. The first kappa shape index (κ1) is 14.1. The Labute approximate surface area is 113 Å². The molecule has 2 rings (SSSR count). The Kier molecular flexibility index (Phi) is 4.29. The maximum absolute atomic E-state index is 12.4. The average molecular weight is 269 g/mol. The van der Waals surface area contributed by atoms with Crippen molar-refractivity contribution in [1.82, 2.24) is 15.1 Å². The first-order chi connectivity index (χ1) is 9.06. The molecule has 3 unspecified atom stereocenters. The predicted molar refractivity (Wildman–Crippen MR) is 71.0 cm³/mol. The summed E-state index contributed by atoms with van der Waals surface area (Å²) in [5.74, 6) is -1.13. The van der Waals surface area contributed by atoms with Gasteiger partial charge in [0.2, 0.25) is 0 Å². The van der Waals surface area contributed by atoms with Crippen LogP contribution in [0.1, 0.15) is 25.7 Å². The quantitative estimate of drug-likeness (QED) is 0.716. The number of nitrogens with zero attached hydrogens (tertiary/aromatic N) is 2. The Morgan fingerprint density at radius 2 is 2.16 bits per heavy atom. The summed E-state index contributed by atoms with van der Waals surface area (Å²) in [5, 5.41) is 12.2. The van der Waals surface area contributed by atoms with E-state index in [-0.39, 0.29) is 24.0 Å². The van der Waals surface area contributed by atoms with Crippen molar-refractivity contribution < 1.29 is 14.7 Å². The molecule has 0 aliphatic carbocycles. The molecule has 0 aromatic heterocycles. The third-order valence-corrected chi connectivity index (χ3v) is 4.32. The van der Waals surface area contributed by atoms with Crippen LogP contribution >= 0.6 is 0 Å². The van der Waals surface area contributed by atoms with E-state index in [4.69, 9.17) is 0 Å². The summed E-state index contributed by atoms with van der Waals surface area (Å²) in [6, 6.07) is 0.0273. The number of carbonyl (C=O) groups excluding carboxylic acids is 1. The summed E-state index contributed by atoms with van der Waals surface area (Å²) in [5.41, 5.74) is 0. The average Bonchev–Trinajstić information content (AvgIpc) is 2.95. The molecule has 108 valence electrons. The smallest absolute Gasteiger partial charge is 0.320 e. The summed E-state index contributed by atoms with van der Waals surface area (Å²) in [6.07, 6.45) is 3.31. The van der Waals surface area contributed by atoms with Crippen LogP contribution in [-0.4, -0.2) is 66.2 Å². The third kappa shape index (κ3) is 2.68. The van der Waals surface area contributed by atoms with Gasteiger partial charge in [0.15, 0.2) is 0 Å². The Morgan fingerprint density at radius 3 is 2.74 bits per heavy atom. The first-order valence-corrected chi connectivity index (χ1v) is 6.97. The highest BCUT2D eigenvalue weighted by atomic mass is 16.4. The Hall–Kier alpha value is -1.30. The van der Waals surface area contributed by atoms with E-state index in [0.29, 0.717) is 13.0 Å². The molecule has 0 spiro atoms. The van der Waals surface area contributed by atoms with Gasteiger partial charge in [-0.2, -0.15) is 0 Å². The number of amides is 2. The van der Waals surface area contributed by atoms with Crippen LogP contribution < -0.4 is 5.32 Å². The predicted octanol–water partition coefficient (Wildman–Crippen LogP) is 0.585. The van der Waals surface area contributed by atoms with E-state index in [2.05, 4.69) is 5.32 Å². The molecule has 0 saturated carbocycles. The summed E-state index contributed by atoms with van der Waals surface area (Å²) in [6.45, 7) is 1.58. The standard InChI is InChI=1S/C13H23N3O3/c1-14-6-3-7-15(2)13(19)16-9-4-5-11(16)10(8-9)12(17)18/h9-11,14H,3-8H2,1-2H3,(H,17,18). The van der Waals surface area contributed by atoms with Crippen LogP contribution in [0, 0.1) is 5.92 Å². The lowest BCUT2D eigenvalue weighted by atomic mass is 9.89. The van der Waals surface area contributed by atoms with Crippen molar-refractivity contribution in [3.63, 3.8) is 0 Å². The SMILES string of the molecule is CNCCCN(C)C(=O)N1C2CCC1C(C(=O)O)C2. The van der Waals surface area contributed by atoms with E-state index in [1.54, 1.807) is 11.9 Å². The lowest BCUT2D eigenvalue weighted by Gasteiger charge is -2.28. The highest BCUT2D eigenvalue weighted by Gasteiger charge is 2.51. The Bertz CT molecular complexity index is 361. The third-order valence-electron chi connectivity index (χ3n) is 4.32. The van der Waals surface area contributed by atoms with Gasteiger partial charge in [0.25, 0.3) is 0 Å². The van der Waals surface area contributed by atoms with Gasteiger partial charge in [0, 0.05) is 25.7 Å². The number of aliphatic carboxylic acids is 1. The van der Waals surface area contributed by atoms with Crippen LogP contribution in [0.4, 0.5) is 4.79 Å². The van der Waals surface area contributed by atoms with Crippen molar-refractivity contribution in [2.45, 2.75) is 37.8 Å². The summed E-state index contributed by atoms with van der Waals surface area (Å²) < 4.78 is 0. The van der Waals surface area contributed by atoms with E-state index in [0.717, 1.165) is 25.8 Å². The van der Waals surface area contributed by atoms with Gasteiger partial charge in [0.05, 0.1) is 5.92 Å². The van der Waals surface area contributed by atoms with Crippen LogP contribution in [0.5, 0.6) is 0 Å². The molecule has 0 radical (unpaired) electrons. The largest absolute Gasteiger partial charge is 0.481 e. The van der Waals surface area contributed by atoms with Crippen molar-refractivity contribution in [2.24, 2.45) is 5.92 Å². The molecule has 6 heteroatoms. The molecule has 2 N–H and O–H groups in total. The van der Waals surface area contributed by atoms with Crippen molar-refractivity contribution in [2.75, 3.05) is 27.2 Å². The zero-order chi connectivity index (χ0) is 14.0. The molecule has 19 heavy (non-hydrogen) atoms. The molecule has 3 atom stereocenters. The second-order valence-electron chi connectivity index (χ2n) is 5.55. The van der Waals surface area contributed by atoms with Gasteiger partial charge in [-0.1, -0.05) is 0 Å². The number of carboxylic acid groups (broad SMARTS) is 1. The number of carbonyl (C=O) groups is 2. The Morgan fingerprint density at radius 1 is 1.42 bits per heavy atom. The molecule has 2 saturated heterocycles. The van der Waals surface area contributed by atoms with Crippen molar-refractivity contribution >= 4 is 12.0 Å². The van der Waals surface area contributed by atoms with Gasteiger partial charge in [0.1, 0.15) is 0 Å². The maximum atomic E-state index is 12.4. The van der Waals surface area contributed by atoms with Crippen LogP contribution in [0.3, 0.4) is 0 Å². The highest BCUT2D eigenvalue weighted by molar-refractivity contribution is 5.79. The fraction of sp³-hybridized carbons (Fsp3) is 0.846. The fourth-order valence-corrected chi connectivity index (χ4v) is 3.34. The molecule has 2 aliphatic rings. The molecule has 0 aromatic rings. The second kappa shape index (κ2) is 5.77. The van der Waals surface area contributed by atoms with Gasteiger partial charge in [-0.15, -0.1) is 0 Å². The molecule has 2 fully saturated rings. The molecule has 2 bridgehead atoms. The zero-order valence-corrected chi connectivity index (χ0v) is 11.6. The number of fused-ring (bicyclic) bond motifs is 2. The van der Waals surface area contributed by atoms with Crippen LogP contribution in [-0.2, 0) is 4.79 Å². The lowest BCUT2D eigenvalue weighted by Crippen LogP contribution is -2.45. The molecule has 6 nitrogen and oxygen atoms in total. The topological polar surface area (TPSA) is 72.9 Å². The minimum absolute atomic E-state index is 0.00708. The van der Waals surface area contributed by atoms with Crippen LogP contribution in [0.15, 0.2) is 0 Å². The maximum Gasteiger partial charge on any atom is 0.320 e. The number of rotatable bonds is 5. The number of hydrogen-bond donors (Lipinski definition) is 2. The highest BCUT2D eigenvalue weighted by Crippen LogP contribution is 2.42.